The van der Waals surface area contributed by atoms with Crippen LogP contribution in [0.3, 0.4) is 0 Å². The van der Waals surface area contributed by atoms with E-state index in [4.69, 9.17) is 0 Å². The predicted octanol–water partition coefficient (Wildman–Crippen LogP) is 5.76. The van der Waals surface area contributed by atoms with Crippen molar-refractivity contribution in [2.45, 2.75) is 26.7 Å². The van der Waals surface area contributed by atoms with Gasteiger partial charge in [-0.05, 0) is 48.9 Å². The number of rotatable bonds is 4. The van der Waals surface area contributed by atoms with Gasteiger partial charge in [0.2, 0.25) is 0 Å². The Balaban J connectivity index is 1.66. The fraction of sp³-hybridized carbons (Fsp3) is 0.182. The van der Waals surface area contributed by atoms with E-state index in [0.717, 1.165) is 12.8 Å². The molecule has 0 fully saturated rings. The van der Waals surface area contributed by atoms with E-state index in [1.54, 1.807) is 0 Å². The van der Waals surface area contributed by atoms with Gasteiger partial charge in [-0.25, -0.2) is 0 Å². The SMILES string of the molecule is Cc1ccc(CCc2ccc(-c3ccc(C)cc3)cc2)cc1. The first-order chi connectivity index (χ1) is 10.7. The molecule has 0 amide bonds. The lowest BCUT2D eigenvalue weighted by molar-refractivity contribution is 0.959. The first-order valence-electron chi connectivity index (χ1n) is 7.92. The van der Waals surface area contributed by atoms with Crippen molar-refractivity contribution in [1.82, 2.24) is 0 Å². The van der Waals surface area contributed by atoms with Gasteiger partial charge in [-0.15, -0.1) is 0 Å². The van der Waals surface area contributed by atoms with Gasteiger partial charge in [-0.2, -0.15) is 0 Å². The Morgan fingerprint density at radius 1 is 0.455 bits per heavy atom. The fourth-order valence-corrected chi connectivity index (χ4v) is 2.65. The summed E-state index contributed by atoms with van der Waals surface area (Å²) in [5.41, 5.74) is 8.02. The summed E-state index contributed by atoms with van der Waals surface area (Å²) in [6, 6.07) is 26.5. The van der Waals surface area contributed by atoms with E-state index in [1.165, 1.54) is 33.4 Å². The van der Waals surface area contributed by atoms with Crippen LogP contribution < -0.4 is 0 Å². The van der Waals surface area contributed by atoms with Gasteiger partial charge in [-0.1, -0.05) is 83.9 Å². The van der Waals surface area contributed by atoms with Crippen molar-refractivity contribution in [3.63, 3.8) is 0 Å². The number of hydrogen-bond donors (Lipinski definition) is 0. The maximum absolute atomic E-state index is 2.25. The molecule has 0 spiro atoms. The summed E-state index contributed by atoms with van der Waals surface area (Å²) >= 11 is 0. The Morgan fingerprint density at radius 3 is 1.23 bits per heavy atom. The maximum atomic E-state index is 2.25. The van der Waals surface area contributed by atoms with Crippen molar-refractivity contribution in [3.05, 3.63) is 95.1 Å². The molecule has 0 aliphatic rings. The van der Waals surface area contributed by atoms with E-state index >= 15 is 0 Å². The van der Waals surface area contributed by atoms with Crippen molar-refractivity contribution in [2.24, 2.45) is 0 Å². The third-order valence-corrected chi connectivity index (χ3v) is 4.16. The summed E-state index contributed by atoms with van der Waals surface area (Å²) in [5, 5.41) is 0. The third kappa shape index (κ3) is 3.65. The maximum Gasteiger partial charge on any atom is -0.0184 e. The average molecular weight is 286 g/mol. The Morgan fingerprint density at radius 2 is 0.773 bits per heavy atom. The first-order valence-corrected chi connectivity index (χ1v) is 7.92. The lowest BCUT2D eigenvalue weighted by Crippen LogP contribution is -1.91. The van der Waals surface area contributed by atoms with Crippen LogP contribution in [-0.4, -0.2) is 0 Å². The van der Waals surface area contributed by atoms with Crippen molar-refractivity contribution in [2.75, 3.05) is 0 Å². The highest BCUT2D eigenvalue weighted by molar-refractivity contribution is 5.63. The van der Waals surface area contributed by atoms with Crippen molar-refractivity contribution in [3.8, 4) is 11.1 Å². The number of hydrogen-bond acceptors (Lipinski definition) is 0. The minimum atomic E-state index is 1.09. The summed E-state index contributed by atoms with van der Waals surface area (Å²) in [4.78, 5) is 0. The first kappa shape index (κ1) is 14.6. The molecule has 0 unspecified atom stereocenters. The van der Waals surface area contributed by atoms with Gasteiger partial charge in [0, 0.05) is 0 Å². The van der Waals surface area contributed by atoms with Gasteiger partial charge in [0.1, 0.15) is 0 Å². The second kappa shape index (κ2) is 6.62. The zero-order valence-electron chi connectivity index (χ0n) is 13.3. The molecular formula is C22H22. The smallest absolute Gasteiger partial charge is 0.0184 e. The van der Waals surface area contributed by atoms with E-state index in [9.17, 15) is 0 Å². The van der Waals surface area contributed by atoms with Gasteiger partial charge in [0.15, 0.2) is 0 Å². The molecule has 0 saturated carbocycles. The van der Waals surface area contributed by atoms with Gasteiger partial charge >= 0.3 is 0 Å². The van der Waals surface area contributed by atoms with Crippen LogP contribution in [-0.2, 0) is 12.8 Å². The Bertz CT molecular complexity index is 717. The molecule has 0 bridgehead atoms. The summed E-state index contributed by atoms with van der Waals surface area (Å²) in [5.74, 6) is 0. The van der Waals surface area contributed by atoms with E-state index in [2.05, 4.69) is 86.6 Å². The van der Waals surface area contributed by atoms with Crippen LogP contribution >= 0.6 is 0 Å². The Hall–Kier alpha value is -2.34. The van der Waals surface area contributed by atoms with E-state index < -0.39 is 0 Å². The van der Waals surface area contributed by atoms with E-state index in [-0.39, 0.29) is 0 Å². The Labute approximate surface area is 133 Å². The third-order valence-electron chi connectivity index (χ3n) is 4.16. The number of aryl methyl sites for hydroxylation is 4. The lowest BCUT2D eigenvalue weighted by atomic mass is 9.99. The van der Waals surface area contributed by atoms with Gasteiger partial charge in [-0.3, -0.25) is 0 Å². The van der Waals surface area contributed by atoms with Crippen LogP contribution in [0.15, 0.2) is 72.8 Å². The topological polar surface area (TPSA) is 0 Å². The zero-order chi connectivity index (χ0) is 15.4. The molecule has 0 aromatic heterocycles. The predicted molar refractivity (Wildman–Crippen MR) is 95.2 cm³/mol. The highest BCUT2D eigenvalue weighted by atomic mass is 14.0. The lowest BCUT2D eigenvalue weighted by Gasteiger charge is -2.06. The van der Waals surface area contributed by atoms with Crippen molar-refractivity contribution in [1.29, 1.82) is 0 Å². The van der Waals surface area contributed by atoms with Gasteiger partial charge in [0.05, 0.1) is 0 Å². The van der Waals surface area contributed by atoms with E-state index in [0.29, 0.717) is 0 Å². The molecule has 0 atom stereocenters. The molecule has 0 heterocycles. The fourth-order valence-electron chi connectivity index (χ4n) is 2.65. The summed E-state index contributed by atoms with van der Waals surface area (Å²) in [6.07, 6.45) is 2.20. The van der Waals surface area contributed by atoms with Crippen LogP contribution in [0.5, 0.6) is 0 Å². The van der Waals surface area contributed by atoms with E-state index in [1.807, 2.05) is 0 Å². The minimum Gasteiger partial charge on any atom is -0.0591 e. The molecule has 0 saturated heterocycles. The molecule has 0 aliphatic heterocycles. The second-order valence-corrected chi connectivity index (χ2v) is 6.05. The normalized spacial score (nSPS) is 10.6. The highest BCUT2D eigenvalue weighted by Crippen LogP contribution is 2.20. The Kier molecular flexibility index (Phi) is 4.39. The molecule has 0 N–H and O–H groups in total. The van der Waals surface area contributed by atoms with Crippen LogP contribution in [0.2, 0.25) is 0 Å². The monoisotopic (exact) mass is 286 g/mol. The van der Waals surface area contributed by atoms with Crippen LogP contribution in [0.4, 0.5) is 0 Å². The second-order valence-electron chi connectivity index (χ2n) is 6.05. The molecule has 3 aromatic rings. The van der Waals surface area contributed by atoms with Crippen molar-refractivity contribution < 1.29 is 0 Å². The molecule has 3 aromatic carbocycles. The molecule has 0 aliphatic carbocycles. The zero-order valence-corrected chi connectivity index (χ0v) is 13.3. The molecule has 22 heavy (non-hydrogen) atoms. The summed E-state index contributed by atoms with van der Waals surface area (Å²) in [7, 11) is 0. The molecule has 3 rings (SSSR count). The minimum absolute atomic E-state index is 1.09. The summed E-state index contributed by atoms with van der Waals surface area (Å²) < 4.78 is 0. The van der Waals surface area contributed by atoms with Crippen LogP contribution in [0.25, 0.3) is 11.1 Å². The average Bonchev–Trinajstić information content (AvgIpc) is 2.56. The van der Waals surface area contributed by atoms with Crippen LogP contribution in [0, 0.1) is 13.8 Å². The quantitative estimate of drug-likeness (QED) is 0.572. The van der Waals surface area contributed by atoms with Crippen molar-refractivity contribution >= 4 is 0 Å². The highest BCUT2D eigenvalue weighted by Gasteiger charge is 1.99. The molecular weight excluding hydrogens is 264 g/mol. The van der Waals surface area contributed by atoms with Gasteiger partial charge in [0.25, 0.3) is 0 Å². The molecule has 0 radical (unpaired) electrons. The number of benzene rings is 3. The largest absolute Gasteiger partial charge is 0.0591 e. The van der Waals surface area contributed by atoms with Crippen LogP contribution in [0.1, 0.15) is 22.3 Å². The summed E-state index contributed by atoms with van der Waals surface area (Å²) in [6.45, 7) is 4.26. The molecule has 0 heteroatoms. The molecule has 110 valence electrons. The standard InChI is InChI=1S/C22H22/c1-17-3-7-19(8-4-17)9-10-20-11-15-22(16-12-20)21-13-5-18(2)6-14-21/h3-8,11-16H,9-10H2,1-2H3. The molecule has 0 nitrogen and oxygen atoms in total. The van der Waals surface area contributed by atoms with Gasteiger partial charge < -0.3 is 0 Å².